The molecule has 0 saturated heterocycles. The number of hydrazone groups is 1. The predicted octanol–water partition coefficient (Wildman–Crippen LogP) is 1.85. The standard InChI is InChI=1S/C7H14N2/c1-5-7(3)9(4)8-6-2/h5-6H,1-4H3/b7-5+,8-6-. The Hall–Kier alpha value is -0.790. The van der Waals surface area contributed by atoms with Crippen molar-refractivity contribution in [2.75, 3.05) is 7.05 Å². The maximum atomic E-state index is 4.04. The molecule has 0 aromatic heterocycles. The zero-order valence-corrected chi connectivity index (χ0v) is 6.55. The fourth-order valence-corrected chi connectivity index (χ4v) is 0.451. The Kier molecular flexibility index (Phi) is 3.76. The van der Waals surface area contributed by atoms with Crippen molar-refractivity contribution in [3.63, 3.8) is 0 Å². The lowest BCUT2D eigenvalue weighted by molar-refractivity contribution is 0.448. The summed E-state index contributed by atoms with van der Waals surface area (Å²) < 4.78 is 0. The first kappa shape index (κ1) is 8.21. The van der Waals surface area contributed by atoms with Crippen molar-refractivity contribution in [3.8, 4) is 0 Å². The molecule has 0 heterocycles. The average Bonchev–Trinajstić information content (AvgIpc) is 1.87. The summed E-state index contributed by atoms with van der Waals surface area (Å²) in [5, 5.41) is 5.87. The van der Waals surface area contributed by atoms with E-state index in [4.69, 9.17) is 0 Å². The van der Waals surface area contributed by atoms with E-state index in [2.05, 4.69) is 5.10 Å². The molecule has 0 aliphatic rings. The highest BCUT2D eigenvalue weighted by Gasteiger charge is 1.89. The molecule has 0 aromatic rings. The minimum atomic E-state index is 1.16. The predicted molar refractivity (Wildman–Crippen MR) is 41.4 cm³/mol. The van der Waals surface area contributed by atoms with Gasteiger partial charge in [0.1, 0.15) is 0 Å². The molecule has 0 saturated carbocycles. The Bertz CT molecular complexity index is 125. The zero-order valence-electron chi connectivity index (χ0n) is 6.55. The summed E-state index contributed by atoms with van der Waals surface area (Å²) >= 11 is 0. The van der Waals surface area contributed by atoms with E-state index < -0.39 is 0 Å². The molecule has 2 nitrogen and oxygen atoms in total. The molecule has 0 amide bonds. The Labute approximate surface area is 56.9 Å². The fraction of sp³-hybridized carbons (Fsp3) is 0.571. The van der Waals surface area contributed by atoms with Crippen LogP contribution in [0.15, 0.2) is 16.9 Å². The van der Waals surface area contributed by atoms with Gasteiger partial charge in [0.2, 0.25) is 0 Å². The number of allylic oxidation sites excluding steroid dienone is 2. The monoisotopic (exact) mass is 126 g/mol. The Balaban J connectivity index is 3.88. The molecule has 0 radical (unpaired) electrons. The van der Waals surface area contributed by atoms with Crippen LogP contribution in [0, 0.1) is 0 Å². The molecule has 0 N–H and O–H groups in total. The smallest absolute Gasteiger partial charge is 0.0299 e. The van der Waals surface area contributed by atoms with Crippen molar-refractivity contribution in [2.24, 2.45) is 5.10 Å². The van der Waals surface area contributed by atoms with Crippen molar-refractivity contribution in [2.45, 2.75) is 20.8 Å². The van der Waals surface area contributed by atoms with E-state index in [9.17, 15) is 0 Å². The third kappa shape index (κ3) is 2.90. The second-order valence-corrected chi connectivity index (χ2v) is 1.83. The van der Waals surface area contributed by atoms with Crippen LogP contribution in [0.4, 0.5) is 0 Å². The molecule has 0 aromatic carbocycles. The van der Waals surface area contributed by atoms with Crippen LogP contribution < -0.4 is 0 Å². The Morgan fingerprint density at radius 1 is 1.44 bits per heavy atom. The van der Waals surface area contributed by atoms with Gasteiger partial charge in [-0.2, -0.15) is 5.10 Å². The highest BCUT2D eigenvalue weighted by atomic mass is 15.4. The van der Waals surface area contributed by atoms with E-state index in [1.54, 1.807) is 6.21 Å². The molecule has 52 valence electrons. The van der Waals surface area contributed by atoms with Crippen molar-refractivity contribution >= 4 is 6.21 Å². The quantitative estimate of drug-likeness (QED) is 0.407. The summed E-state index contributed by atoms with van der Waals surface area (Å²) in [5.41, 5.74) is 1.16. The normalized spacial score (nSPS) is 12.7. The summed E-state index contributed by atoms with van der Waals surface area (Å²) in [4.78, 5) is 0. The van der Waals surface area contributed by atoms with Crippen LogP contribution >= 0.6 is 0 Å². The van der Waals surface area contributed by atoms with Gasteiger partial charge >= 0.3 is 0 Å². The van der Waals surface area contributed by atoms with Gasteiger partial charge in [0.05, 0.1) is 0 Å². The zero-order chi connectivity index (χ0) is 7.28. The minimum Gasteiger partial charge on any atom is -0.274 e. The maximum absolute atomic E-state index is 4.04. The van der Waals surface area contributed by atoms with E-state index in [1.807, 2.05) is 38.9 Å². The topological polar surface area (TPSA) is 15.6 Å². The van der Waals surface area contributed by atoms with Crippen LogP contribution in [0.1, 0.15) is 20.8 Å². The second kappa shape index (κ2) is 4.13. The van der Waals surface area contributed by atoms with Crippen LogP contribution in [-0.4, -0.2) is 18.3 Å². The van der Waals surface area contributed by atoms with Gasteiger partial charge in [0.25, 0.3) is 0 Å². The van der Waals surface area contributed by atoms with Crippen molar-refractivity contribution in [3.05, 3.63) is 11.8 Å². The molecule has 0 fully saturated rings. The first-order valence-corrected chi connectivity index (χ1v) is 3.07. The molecule has 0 rings (SSSR count). The maximum Gasteiger partial charge on any atom is 0.0299 e. The summed E-state index contributed by atoms with van der Waals surface area (Å²) in [7, 11) is 1.93. The summed E-state index contributed by atoms with van der Waals surface area (Å²) in [6.07, 6.45) is 3.79. The van der Waals surface area contributed by atoms with E-state index >= 15 is 0 Å². The van der Waals surface area contributed by atoms with E-state index in [-0.39, 0.29) is 0 Å². The highest BCUT2D eigenvalue weighted by molar-refractivity contribution is 5.52. The van der Waals surface area contributed by atoms with Gasteiger partial charge in [-0.25, -0.2) is 0 Å². The summed E-state index contributed by atoms with van der Waals surface area (Å²) in [6.45, 7) is 5.92. The average molecular weight is 126 g/mol. The number of hydrogen-bond acceptors (Lipinski definition) is 2. The fourth-order valence-electron chi connectivity index (χ4n) is 0.451. The lowest BCUT2D eigenvalue weighted by atomic mass is 10.4. The Morgan fingerprint density at radius 2 is 2.00 bits per heavy atom. The molecule has 0 aliphatic carbocycles. The van der Waals surface area contributed by atoms with Crippen LogP contribution in [0.25, 0.3) is 0 Å². The van der Waals surface area contributed by atoms with E-state index in [1.165, 1.54) is 0 Å². The van der Waals surface area contributed by atoms with Crippen molar-refractivity contribution in [1.29, 1.82) is 0 Å². The van der Waals surface area contributed by atoms with Gasteiger partial charge in [-0.1, -0.05) is 6.08 Å². The van der Waals surface area contributed by atoms with Crippen molar-refractivity contribution < 1.29 is 0 Å². The van der Waals surface area contributed by atoms with Gasteiger partial charge in [0.15, 0.2) is 0 Å². The van der Waals surface area contributed by atoms with Crippen molar-refractivity contribution in [1.82, 2.24) is 5.01 Å². The lowest BCUT2D eigenvalue weighted by Crippen LogP contribution is -2.06. The van der Waals surface area contributed by atoms with E-state index in [0.29, 0.717) is 0 Å². The van der Waals surface area contributed by atoms with Crippen LogP contribution in [0.2, 0.25) is 0 Å². The van der Waals surface area contributed by atoms with Gasteiger partial charge in [-0.15, -0.1) is 0 Å². The molecule has 9 heavy (non-hydrogen) atoms. The third-order valence-electron chi connectivity index (χ3n) is 1.22. The summed E-state index contributed by atoms with van der Waals surface area (Å²) in [5.74, 6) is 0. The highest BCUT2D eigenvalue weighted by Crippen LogP contribution is 1.97. The summed E-state index contributed by atoms with van der Waals surface area (Å²) in [6, 6.07) is 0. The SMILES string of the molecule is C/C=N\N(C)/C(C)=C/C. The first-order valence-electron chi connectivity index (χ1n) is 3.07. The van der Waals surface area contributed by atoms with Crippen LogP contribution in [0.3, 0.4) is 0 Å². The molecule has 2 heteroatoms. The largest absolute Gasteiger partial charge is 0.274 e. The second-order valence-electron chi connectivity index (χ2n) is 1.83. The first-order chi connectivity index (χ1) is 4.22. The van der Waals surface area contributed by atoms with Crippen LogP contribution in [-0.2, 0) is 0 Å². The number of rotatable bonds is 2. The minimum absolute atomic E-state index is 1.16. The van der Waals surface area contributed by atoms with E-state index in [0.717, 1.165) is 5.70 Å². The van der Waals surface area contributed by atoms with Gasteiger partial charge < -0.3 is 0 Å². The molecule has 0 atom stereocenters. The van der Waals surface area contributed by atoms with Crippen LogP contribution in [0.5, 0.6) is 0 Å². The molecule has 0 spiro atoms. The molecule has 0 bridgehead atoms. The number of hydrogen-bond donors (Lipinski definition) is 0. The molecule has 0 aliphatic heterocycles. The third-order valence-corrected chi connectivity index (χ3v) is 1.22. The lowest BCUT2D eigenvalue weighted by Gasteiger charge is -2.11. The molecular weight excluding hydrogens is 112 g/mol. The molecular formula is C7H14N2. The Morgan fingerprint density at radius 3 is 2.33 bits per heavy atom. The number of nitrogens with zero attached hydrogens (tertiary/aromatic N) is 2. The van der Waals surface area contributed by atoms with Gasteiger partial charge in [-0.3, -0.25) is 5.01 Å². The van der Waals surface area contributed by atoms with Gasteiger partial charge in [-0.05, 0) is 20.8 Å². The van der Waals surface area contributed by atoms with Gasteiger partial charge in [0, 0.05) is 19.0 Å². The molecule has 0 unspecified atom stereocenters.